The highest BCUT2D eigenvalue weighted by Crippen LogP contribution is 2.17. The zero-order valence-electron chi connectivity index (χ0n) is 8.64. The Labute approximate surface area is 86.9 Å². The number of rotatable bonds is 3. The minimum Gasteiger partial charge on any atom is -0.466 e. The van der Waals surface area contributed by atoms with Crippen molar-refractivity contribution in [3.05, 3.63) is 34.9 Å². The summed E-state index contributed by atoms with van der Waals surface area (Å²) >= 11 is 0. The first-order chi connectivity index (χ1) is 7.06. The molecule has 0 atom stereocenters. The van der Waals surface area contributed by atoms with Crippen molar-refractivity contribution in [1.82, 2.24) is 0 Å². The van der Waals surface area contributed by atoms with Gasteiger partial charge in [-0.3, -0.25) is 4.79 Å². The van der Waals surface area contributed by atoms with Crippen molar-refractivity contribution >= 4 is 5.97 Å². The lowest BCUT2D eigenvalue weighted by Crippen LogP contribution is -2.10. The van der Waals surface area contributed by atoms with Gasteiger partial charge >= 0.3 is 5.97 Å². The van der Waals surface area contributed by atoms with Gasteiger partial charge in [0.15, 0.2) is 11.6 Å². The zero-order valence-corrected chi connectivity index (χ0v) is 8.64. The minimum absolute atomic E-state index is 0.0634. The van der Waals surface area contributed by atoms with E-state index in [4.69, 9.17) is 0 Å². The van der Waals surface area contributed by atoms with Gasteiger partial charge in [0.2, 0.25) is 0 Å². The lowest BCUT2D eigenvalue weighted by Gasteiger charge is -2.07. The average molecular weight is 214 g/mol. The molecule has 0 bridgehead atoms. The highest BCUT2D eigenvalue weighted by Gasteiger charge is 2.14. The molecule has 0 aliphatic carbocycles. The summed E-state index contributed by atoms with van der Waals surface area (Å²) in [6.45, 7) is 3.51. The topological polar surface area (TPSA) is 26.3 Å². The van der Waals surface area contributed by atoms with Crippen LogP contribution in [0.5, 0.6) is 0 Å². The van der Waals surface area contributed by atoms with Gasteiger partial charge in [0, 0.05) is 5.56 Å². The highest BCUT2D eigenvalue weighted by atomic mass is 19.2. The Balaban J connectivity index is 2.93. The van der Waals surface area contributed by atoms with Crippen molar-refractivity contribution in [3.63, 3.8) is 0 Å². The van der Waals surface area contributed by atoms with Crippen LogP contribution in [0.15, 0.2) is 12.1 Å². The lowest BCUT2D eigenvalue weighted by molar-refractivity contribution is -0.142. The van der Waals surface area contributed by atoms with Crippen molar-refractivity contribution < 1.29 is 18.3 Å². The molecule has 0 saturated carbocycles. The second-order valence-corrected chi connectivity index (χ2v) is 3.14. The standard InChI is InChI=1S/C11H12F2O2/c1-3-15-10(14)6-8-7(2)4-5-9(12)11(8)13/h4-5H,3,6H2,1-2H3. The summed E-state index contributed by atoms with van der Waals surface area (Å²) in [6, 6.07) is 2.48. The van der Waals surface area contributed by atoms with E-state index in [-0.39, 0.29) is 18.6 Å². The van der Waals surface area contributed by atoms with Crippen LogP contribution < -0.4 is 0 Å². The summed E-state index contributed by atoms with van der Waals surface area (Å²) in [5.41, 5.74) is 0.607. The van der Waals surface area contributed by atoms with Gasteiger partial charge in [-0.2, -0.15) is 0 Å². The van der Waals surface area contributed by atoms with Crippen LogP contribution in [0.4, 0.5) is 8.78 Å². The van der Waals surface area contributed by atoms with E-state index in [0.717, 1.165) is 6.07 Å². The van der Waals surface area contributed by atoms with Crippen LogP contribution >= 0.6 is 0 Å². The second kappa shape index (κ2) is 4.87. The number of hydrogen-bond acceptors (Lipinski definition) is 2. The molecule has 15 heavy (non-hydrogen) atoms. The molecular formula is C11H12F2O2. The zero-order chi connectivity index (χ0) is 11.4. The molecular weight excluding hydrogens is 202 g/mol. The second-order valence-electron chi connectivity index (χ2n) is 3.14. The Kier molecular flexibility index (Phi) is 3.77. The number of benzene rings is 1. The largest absolute Gasteiger partial charge is 0.466 e. The summed E-state index contributed by atoms with van der Waals surface area (Å²) < 4.78 is 30.8. The van der Waals surface area contributed by atoms with Gasteiger partial charge in [-0.25, -0.2) is 8.78 Å². The van der Waals surface area contributed by atoms with Gasteiger partial charge in [-0.1, -0.05) is 6.07 Å². The van der Waals surface area contributed by atoms with Crippen LogP contribution in [0.1, 0.15) is 18.1 Å². The fraction of sp³-hybridized carbons (Fsp3) is 0.364. The molecule has 0 aromatic heterocycles. The first-order valence-electron chi connectivity index (χ1n) is 4.65. The highest BCUT2D eigenvalue weighted by molar-refractivity contribution is 5.73. The van der Waals surface area contributed by atoms with E-state index < -0.39 is 17.6 Å². The fourth-order valence-corrected chi connectivity index (χ4v) is 1.26. The van der Waals surface area contributed by atoms with Crippen molar-refractivity contribution in [2.75, 3.05) is 6.61 Å². The maximum atomic E-state index is 13.3. The predicted octanol–water partition coefficient (Wildman–Crippen LogP) is 2.38. The van der Waals surface area contributed by atoms with E-state index in [9.17, 15) is 13.6 Å². The van der Waals surface area contributed by atoms with E-state index in [2.05, 4.69) is 4.74 Å². The van der Waals surface area contributed by atoms with Crippen molar-refractivity contribution in [2.45, 2.75) is 20.3 Å². The summed E-state index contributed by atoms with van der Waals surface area (Å²) in [5, 5.41) is 0. The molecule has 0 unspecified atom stereocenters. The SMILES string of the molecule is CCOC(=O)Cc1c(C)ccc(F)c1F. The number of carbonyl (C=O) groups excluding carboxylic acids is 1. The molecule has 0 heterocycles. The van der Waals surface area contributed by atoms with E-state index in [1.165, 1.54) is 6.07 Å². The molecule has 82 valence electrons. The van der Waals surface area contributed by atoms with E-state index in [0.29, 0.717) is 5.56 Å². The van der Waals surface area contributed by atoms with Gasteiger partial charge in [0.1, 0.15) is 0 Å². The fourth-order valence-electron chi connectivity index (χ4n) is 1.26. The van der Waals surface area contributed by atoms with Crippen LogP contribution in [0.25, 0.3) is 0 Å². The molecule has 1 aromatic carbocycles. The Morgan fingerprint density at radius 2 is 2.07 bits per heavy atom. The Morgan fingerprint density at radius 3 is 2.67 bits per heavy atom. The van der Waals surface area contributed by atoms with Gasteiger partial charge in [0.25, 0.3) is 0 Å². The number of halogens is 2. The van der Waals surface area contributed by atoms with Gasteiger partial charge < -0.3 is 4.74 Å². The van der Waals surface area contributed by atoms with Crippen molar-refractivity contribution in [1.29, 1.82) is 0 Å². The summed E-state index contributed by atoms with van der Waals surface area (Å²) in [6.07, 6.45) is -0.233. The predicted molar refractivity (Wildman–Crippen MR) is 51.4 cm³/mol. The molecule has 0 fully saturated rings. The molecule has 1 aromatic rings. The number of ether oxygens (including phenoxy) is 1. The molecule has 0 saturated heterocycles. The minimum atomic E-state index is -0.969. The molecule has 0 radical (unpaired) electrons. The van der Waals surface area contributed by atoms with Crippen LogP contribution in [0.2, 0.25) is 0 Å². The molecule has 1 rings (SSSR count). The Hall–Kier alpha value is -1.45. The van der Waals surface area contributed by atoms with Crippen LogP contribution in [-0.2, 0) is 16.0 Å². The van der Waals surface area contributed by atoms with E-state index >= 15 is 0 Å². The lowest BCUT2D eigenvalue weighted by atomic mass is 10.0. The van der Waals surface area contributed by atoms with Crippen molar-refractivity contribution in [3.8, 4) is 0 Å². The maximum absolute atomic E-state index is 13.3. The molecule has 2 nitrogen and oxygen atoms in total. The molecule has 4 heteroatoms. The third-order valence-electron chi connectivity index (χ3n) is 2.06. The normalized spacial score (nSPS) is 10.1. The quantitative estimate of drug-likeness (QED) is 0.722. The monoisotopic (exact) mass is 214 g/mol. The molecule has 0 amide bonds. The third-order valence-corrected chi connectivity index (χ3v) is 2.06. The number of aryl methyl sites for hydroxylation is 1. The first kappa shape index (κ1) is 11.6. The molecule has 0 spiro atoms. The number of carbonyl (C=O) groups is 1. The van der Waals surface area contributed by atoms with Crippen LogP contribution in [0.3, 0.4) is 0 Å². The average Bonchev–Trinajstić information content (AvgIpc) is 2.19. The van der Waals surface area contributed by atoms with Crippen molar-refractivity contribution in [2.24, 2.45) is 0 Å². The van der Waals surface area contributed by atoms with Gasteiger partial charge in [-0.15, -0.1) is 0 Å². The molecule has 0 aliphatic rings. The van der Waals surface area contributed by atoms with Gasteiger partial charge in [-0.05, 0) is 25.5 Å². The number of hydrogen-bond donors (Lipinski definition) is 0. The van der Waals surface area contributed by atoms with Crippen LogP contribution in [0, 0.1) is 18.6 Å². The van der Waals surface area contributed by atoms with Crippen LogP contribution in [-0.4, -0.2) is 12.6 Å². The van der Waals surface area contributed by atoms with E-state index in [1.54, 1.807) is 13.8 Å². The first-order valence-corrected chi connectivity index (χ1v) is 4.65. The molecule has 0 N–H and O–H groups in total. The maximum Gasteiger partial charge on any atom is 0.310 e. The smallest absolute Gasteiger partial charge is 0.310 e. The summed E-state index contributed by atoms with van der Waals surface area (Å²) in [4.78, 5) is 11.1. The van der Waals surface area contributed by atoms with E-state index in [1.807, 2.05) is 0 Å². The molecule has 0 aliphatic heterocycles. The summed E-state index contributed by atoms with van der Waals surface area (Å²) in [5.74, 6) is -2.46. The third kappa shape index (κ3) is 2.75. The Bertz CT molecular complexity index is 375. The Morgan fingerprint density at radius 1 is 1.40 bits per heavy atom. The van der Waals surface area contributed by atoms with Gasteiger partial charge in [0.05, 0.1) is 13.0 Å². The summed E-state index contributed by atoms with van der Waals surface area (Å²) in [7, 11) is 0. The number of esters is 1.